The van der Waals surface area contributed by atoms with Gasteiger partial charge in [0, 0.05) is 18.6 Å². The molecule has 2 nitrogen and oxygen atoms in total. The molecule has 1 aliphatic carbocycles. The summed E-state index contributed by atoms with van der Waals surface area (Å²) in [5.74, 6) is 0.311. The quantitative estimate of drug-likeness (QED) is 0.586. The molecule has 0 N–H and O–H groups in total. The number of methoxy groups -OCH3 is 1. The number of rotatable bonds is 4. The van der Waals surface area contributed by atoms with Crippen molar-refractivity contribution in [3.63, 3.8) is 0 Å². The molecule has 0 radical (unpaired) electrons. The van der Waals surface area contributed by atoms with Crippen LogP contribution in [0, 0.1) is 5.92 Å². The molecular weight excluding hydrogens is 212 g/mol. The lowest BCUT2D eigenvalue weighted by Crippen LogP contribution is -2.31. The molecule has 0 amide bonds. The smallest absolute Gasteiger partial charge is 0.192 e. The molecule has 0 saturated carbocycles. The molecule has 0 heterocycles. The minimum atomic E-state index is -0.339. The molecule has 0 saturated heterocycles. The zero-order chi connectivity index (χ0) is 12.1. The molecular formula is C15H18O2. The first-order valence-electron chi connectivity index (χ1n) is 6.11. The number of ketones is 1. The van der Waals surface area contributed by atoms with Gasteiger partial charge in [-0.3, -0.25) is 4.79 Å². The van der Waals surface area contributed by atoms with Crippen molar-refractivity contribution >= 4 is 5.78 Å². The van der Waals surface area contributed by atoms with E-state index in [1.165, 1.54) is 0 Å². The predicted octanol–water partition coefficient (Wildman–Crippen LogP) is 3.24. The summed E-state index contributed by atoms with van der Waals surface area (Å²) in [5.41, 5.74) is 0.735. The second kappa shape index (κ2) is 5.78. The fraction of sp³-hybridized carbons (Fsp3) is 0.400. The van der Waals surface area contributed by atoms with E-state index in [0.29, 0.717) is 0 Å². The van der Waals surface area contributed by atoms with Crippen molar-refractivity contribution in [3.8, 4) is 0 Å². The number of benzene rings is 1. The van der Waals surface area contributed by atoms with Gasteiger partial charge in [-0.25, -0.2) is 0 Å². The Morgan fingerprint density at radius 3 is 2.71 bits per heavy atom. The molecule has 1 aliphatic rings. The molecule has 90 valence electrons. The van der Waals surface area contributed by atoms with Gasteiger partial charge in [-0.1, -0.05) is 42.5 Å². The summed E-state index contributed by atoms with van der Waals surface area (Å²) < 4.78 is 5.41. The molecule has 0 bridgehead atoms. The molecule has 2 unspecified atom stereocenters. The maximum absolute atomic E-state index is 12.3. The molecule has 1 aromatic carbocycles. The minimum Gasteiger partial charge on any atom is -0.373 e. The first-order valence-corrected chi connectivity index (χ1v) is 6.11. The van der Waals surface area contributed by atoms with Crippen molar-refractivity contribution < 1.29 is 9.53 Å². The number of ether oxygens (including phenoxy) is 1. The number of carbonyl (C=O) groups is 1. The highest BCUT2D eigenvalue weighted by molar-refractivity contribution is 5.99. The Morgan fingerprint density at radius 2 is 2.12 bits per heavy atom. The van der Waals surface area contributed by atoms with Crippen LogP contribution in [-0.2, 0) is 4.74 Å². The van der Waals surface area contributed by atoms with Crippen LogP contribution in [0.3, 0.4) is 0 Å². The molecule has 0 aromatic heterocycles. The van der Waals surface area contributed by atoms with Crippen molar-refractivity contribution in [2.75, 3.05) is 7.11 Å². The van der Waals surface area contributed by atoms with Gasteiger partial charge in [0.2, 0.25) is 0 Å². The van der Waals surface area contributed by atoms with E-state index in [1.807, 2.05) is 30.3 Å². The van der Waals surface area contributed by atoms with E-state index < -0.39 is 0 Å². The van der Waals surface area contributed by atoms with Crippen LogP contribution < -0.4 is 0 Å². The van der Waals surface area contributed by atoms with E-state index in [9.17, 15) is 4.79 Å². The van der Waals surface area contributed by atoms with Gasteiger partial charge in [-0.05, 0) is 19.3 Å². The summed E-state index contributed by atoms with van der Waals surface area (Å²) >= 11 is 0. The molecule has 2 rings (SSSR count). The molecule has 2 atom stereocenters. The second-order valence-corrected chi connectivity index (χ2v) is 4.41. The first-order chi connectivity index (χ1) is 8.33. The van der Waals surface area contributed by atoms with Gasteiger partial charge in [0.25, 0.3) is 0 Å². The van der Waals surface area contributed by atoms with Crippen molar-refractivity contribution in [3.05, 3.63) is 48.0 Å². The summed E-state index contributed by atoms with van der Waals surface area (Å²) in [6.45, 7) is 0. The van der Waals surface area contributed by atoms with Gasteiger partial charge in [-0.15, -0.1) is 0 Å². The number of hydrogen-bond donors (Lipinski definition) is 0. The van der Waals surface area contributed by atoms with Crippen molar-refractivity contribution in [2.45, 2.75) is 25.4 Å². The average Bonchev–Trinajstić information content (AvgIpc) is 2.42. The fourth-order valence-electron chi connectivity index (χ4n) is 2.33. The summed E-state index contributed by atoms with van der Waals surface area (Å²) in [7, 11) is 1.62. The van der Waals surface area contributed by atoms with Crippen LogP contribution in [0.4, 0.5) is 0 Å². The molecule has 17 heavy (non-hydrogen) atoms. The highest BCUT2D eigenvalue weighted by Crippen LogP contribution is 2.24. The van der Waals surface area contributed by atoms with E-state index >= 15 is 0 Å². The lowest BCUT2D eigenvalue weighted by atomic mass is 9.87. The van der Waals surface area contributed by atoms with Crippen LogP contribution in [0.15, 0.2) is 42.5 Å². The van der Waals surface area contributed by atoms with Gasteiger partial charge in [0.15, 0.2) is 5.78 Å². The number of hydrogen-bond acceptors (Lipinski definition) is 2. The highest BCUT2D eigenvalue weighted by Gasteiger charge is 2.27. The van der Waals surface area contributed by atoms with Gasteiger partial charge < -0.3 is 4.74 Å². The van der Waals surface area contributed by atoms with E-state index in [4.69, 9.17) is 4.74 Å². The Hall–Kier alpha value is -1.41. The van der Waals surface area contributed by atoms with Gasteiger partial charge in [0.05, 0.1) is 0 Å². The maximum Gasteiger partial charge on any atom is 0.192 e. The second-order valence-electron chi connectivity index (χ2n) is 4.41. The molecule has 0 fully saturated rings. The monoisotopic (exact) mass is 230 g/mol. The number of carbonyl (C=O) groups excluding carboxylic acids is 1. The third kappa shape index (κ3) is 2.83. The number of allylic oxidation sites excluding steroid dienone is 1. The first kappa shape index (κ1) is 12.1. The Bertz CT molecular complexity index is 395. The van der Waals surface area contributed by atoms with Crippen LogP contribution >= 0.6 is 0 Å². The van der Waals surface area contributed by atoms with Gasteiger partial charge in [-0.2, -0.15) is 0 Å². The normalized spacial score (nSPS) is 21.1. The Morgan fingerprint density at radius 1 is 1.35 bits per heavy atom. The predicted molar refractivity (Wildman–Crippen MR) is 68.1 cm³/mol. The Labute approximate surface area is 102 Å². The highest BCUT2D eigenvalue weighted by atomic mass is 16.5. The topological polar surface area (TPSA) is 26.3 Å². The van der Waals surface area contributed by atoms with E-state index in [1.54, 1.807) is 7.11 Å². The third-order valence-corrected chi connectivity index (χ3v) is 3.25. The SMILES string of the molecule is COC(C(=O)c1ccccc1)C1C=CCCC1. The maximum atomic E-state index is 12.3. The lowest BCUT2D eigenvalue weighted by Gasteiger charge is -2.24. The zero-order valence-electron chi connectivity index (χ0n) is 10.1. The Balaban J connectivity index is 2.15. The van der Waals surface area contributed by atoms with Gasteiger partial charge in [0.1, 0.15) is 6.10 Å². The Kier molecular flexibility index (Phi) is 4.10. The van der Waals surface area contributed by atoms with Crippen LogP contribution in [0.5, 0.6) is 0 Å². The van der Waals surface area contributed by atoms with E-state index in [-0.39, 0.29) is 17.8 Å². The van der Waals surface area contributed by atoms with E-state index in [2.05, 4.69) is 12.2 Å². The van der Waals surface area contributed by atoms with E-state index in [0.717, 1.165) is 24.8 Å². The van der Waals surface area contributed by atoms with Gasteiger partial charge >= 0.3 is 0 Å². The summed E-state index contributed by atoms with van der Waals surface area (Å²) in [6, 6.07) is 9.38. The van der Waals surface area contributed by atoms with Crippen LogP contribution in [0.2, 0.25) is 0 Å². The van der Waals surface area contributed by atoms with Crippen LogP contribution in [0.1, 0.15) is 29.6 Å². The standard InChI is InChI=1S/C15H18O2/c1-17-15(13-10-6-3-7-11-13)14(16)12-8-4-2-5-9-12/h2,4-6,8-10,13,15H,3,7,11H2,1H3. The van der Waals surface area contributed by atoms with Crippen LogP contribution in [0.25, 0.3) is 0 Å². The van der Waals surface area contributed by atoms with Crippen molar-refractivity contribution in [1.29, 1.82) is 0 Å². The average molecular weight is 230 g/mol. The minimum absolute atomic E-state index is 0.0876. The summed E-state index contributed by atoms with van der Waals surface area (Å²) in [6.07, 6.45) is 7.23. The summed E-state index contributed by atoms with van der Waals surface area (Å²) in [5, 5.41) is 0. The largest absolute Gasteiger partial charge is 0.373 e. The molecule has 1 aromatic rings. The fourth-order valence-corrected chi connectivity index (χ4v) is 2.33. The molecule has 0 spiro atoms. The summed E-state index contributed by atoms with van der Waals surface area (Å²) in [4.78, 5) is 12.3. The third-order valence-electron chi connectivity index (χ3n) is 3.25. The number of Topliss-reactive ketones (excluding diaryl/α,β-unsaturated/α-hetero) is 1. The lowest BCUT2D eigenvalue weighted by molar-refractivity contribution is 0.0452. The molecule has 0 aliphatic heterocycles. The zero-order valence-corrected chi connectivity index (χ0v) is 10.1. The van der Waals surface area contributed by atoms with Crippen LogP contribution in [-0.4, -0.2) is 19.0 Å². The van der Waals surface area contributed by atoms with Crippen molar-refractivity contribution in [2.24, 2.45) is 5.92 Å². The molecule has 2 heteroatoms. The van der Waals surface area contributed by atoms with Crippen molar-refractivity contribution in [1.82, 2.24) is 0 Å².